The molecule has 0 heterocycles. The molecule has 7 nitrogen and oxygen atoms in total. The van der Waals surface area contributed by atoms with Crippen molar-refractivity contribution in [1.82, 2.24) is 0 Å². The third-order valence-electron chi connectivity index (χ3n) is 3.42. The van der Waals surface area contributed by atoms with Crippen molar-refractivity contribution >= 4 is 66.2 Å². The second-order valence-corrected chi connectivity index (χ2v) is 7.20. The van der Waals surface area contributed by atoms with Crippen LogP contribution in [0.1, 0.15) is 11.1 Å². The van der Waals surface area contributed by atoms with Crippen LogP contribution in [0.2, 0.25) is 5.02 Å². The van der Waals surface area contributed by atoms with E-state index in [9.17, 15) is 33.4 Å². The molecule has 0 aromatic heterocycles. The fraction of sp³-hybridized carbons (Fsp3) is 0.143. The number of anilines is 2. The summed E-state index contributed by atoms with van der Waals surface area (Å²) in [7, 11) is 0. The molecule has 0 aliphatic heterocycles. The van der Waals surface area contributed by atoms with Crippen LogP contribution in [0.15, 0.2) is 27.1 Å². The summed E-state index contributed by atoms with van der Waals surface area (Å²) >= 11 is 12.3. The van der Waals surface area contributed by atoms with Crippen LogP contribution in [0.3, 0.4) is 0 Å². The molecule has 0 saturated heterocycles. The van der Waals surface area contributed by atoms with Gasteiger partial charge < -0.3 is 5.32 Å². The zero-order valence-corrected chi connectivity index (χ0v) is 17.0. The van der Waals surface area contributed by atoms with E-state index in [1.807, 2.05) is 0 Å². The molecule has 144 valence electrons. The molecule has 0 unspecified atom stereocenters. The molecule has 0 radical (unpaired) electrons. The van der Waals surface area contributed by atoms with Gasteiger partial charge in [0.15, 0.2) is 0 Å². The minimum atomic E-state index is -5.08. The lowest BCUT2D eigenvalue weighted by Crippen LogP contribution is -2.12. The van der Waals surface area contributed by atoms with Crippen molar-refractivity contribution in [3.05, 3.63) is 63.5 Å². The van der Waals surface area contributed by atoms with E-state index in [2.05, 4.69) is 37.2 Å². The molecule has 27 heavy (non-hydrogen) atoms. The van der Waals surface area contributed by atoms with Gasteiger partial charge in [0, 0.05) is 6.07 Å². The number of halogens is 6. The lowest BCUT2D eigenvalue weighted by molar-refractivity contribution is -0.394. The number of non-ortho nitro benzene ring substituents is 1. The summed E-state index contributed by atoms with van der Waals surface area (Å²) in [6, 6.07) is 2.14. The molecule has 0 aliphatic carbocycles. The van der Waals surface area contributed by atoms with Gasteiger partial charge in [0.1, 0.15) is 5.69 Å². The first-order chi connectivity index (χ1) is 12.3. The van der Waals surface area contributed by atoms with Crippen LogP contribution in [0.25, 0.3) is 0 Å². The number of nitro benzene ring substituents is 2. The Morgan fingerprint density at radius 1 is 1.04 bits per heavy atom. The summed E-state index contributed by atoms with van der Waals surface area (Å²) in [5, 5.41) is 24.8. The van der Waals surface area contributed by atoms with E-state index in [-0.39, 0.29) is 21.2 Å². The van der Waals surface area contributed by atoms with Gasteiger partial charge in [0.2, 0.25) is 0 Å². The van der Waals surface area contributed by atoms with Gasteiger partial charge in [-0.25, -0.2) is 0 Å². The summed E-state index contributed by atoms with van der Waals surface area (Å²) in [6.45, 7) is 1.52. The second kappa shape index (κ2) is 7.60. The van der Waals surface area contributed by atoms with E-state index >= 15 is 0 Å². The van der Waals surface area contributed by atoms with E-state index in [1.165, 1.54) is 13.0 Å². The summed E-state index contributed by atoms with van der Waals surface area (Å²) in [5.41, 5.74) is -4.14. The van der Waals surface area contributed by atoms with Gasteiger partial charge in [0.05, 0.1) is 41.1 Å². The highest BCUT2D eigenvalue weighted by atomic mass is 79.9. The maximum atomic E-state index is 13.5. The first-order valence-corrected chi connectivity index (χ1v) is 8.76. The van der Waals surface area contributed by atoms with Crippen LogP contribution < -0.4 is 5.32 Å². The number of hydrogen-bond acceptors (Lipinski definition) is 5. The van der Waals surface area contributed by atoms with Gasteiger partial charge >= 0.3 is 6.18 Å². The highest BCUT2D eigenvalue weighted by molar-refractivity contribution is 9.13. The first kappa shape index (κ1) is 21.4. The van der Waals surface area contributed by atoms with Gasteiger partial charge in [-0.1, -0.05) is 11.6 Å². The molecule has 1 N–H and O–H groups in total. The number of aryl methyl sites for hydroxylation is 1. The molecule has 0 amide bonds. The smallest absolute Gasteiger partial charge is 0.348 e. The Kier molecular flexibility index (Phi) is 6.02. The summed E-state index contributed by atoms with van der Waals surface area (Å²) in [4.78, 5) is 19.9. The Morgan fingerprint density at radius 3 is 2.11 bits per heavy atom. The topological polar surface area (TPSA) is 98.3 Å². The van der Waals surface area contributed by atoms with Crippen LogP contribution >= 0.6 is 43.5 Å². The second-order valence-electron chi connectivity index (χ2n) is 5.20. The summed E-state index contributed by atoms with van der Waals surface area (Å²) in [6.07, 6.45) is -5.08. The number of nitrogens with zero attached hydrogens (tertiary/aromatic N) is 2. The zero-order chi connectivity index (χ0) is 20.7. The molecule has 2 rings (SSSR count). The molecular weight excluding hydrogens is 526 g/mol. The minimum Gasteiger partial charge on any atom is -0.348 e. The Hall–Kier alpha value is -1.92. The first-order valence-electron chi connectivity index (χ1n) is 6.79. The average molecular weight is 533 g/mol. The predicted molar refractivity (Wildman–Crippen MR) is 99.6 cm³/mol. The lowest BCUT2D eigenvalue weighted by Gasteiger charge is -2.18. The van der Waals surface area contributed by atoms with Crippen molar-refractivity contribution in [2.45, 2.75) is 13.1 Å². The van der Waals surface area contributed by atoms with Crippen molar-refractivity contribution < 1.29 is 23.0 Å². The third-order valence-corrected chi connectivity index (χ3v) is 6.10. The standard InChI is InChI=1S/C14H7Br2ClF3N3O4/c1-5-2-8(17)10(15)11(16)12(5)21-13-7(14(18,19)20)3-6(22(24)25)4-9(13)23(26)27/h2-4,21H,1H3. The summed E-state index contributed by atoms with van der Waals surface area (Å²) in [5.74, 6) is 0. The SMILES string of the molecule is Cc1cc(Cl)c(Br)c(Br)c1Nc1c([N+](=O)[O-])cc([N+](=O)[O-])cc1C(F)(F)F. The molecule has 0 fully saturated rings. The van der Waals surface area contributed by atoms with Crippen LogP contribution in [-0.4, -0.2) is 9.85 Å². The quantitative estimate of drug-likeness (QED) is 0.266. The van der Waals surface area contributed by atoms with Crippen molar-refractivity contribution in [3.63, 3.8) is 0 Å². The Balaban J connectivity index is 2.82. The molecular formula is C14H7Br2ClF3N3O4. The van der Waals surface area contributed by atoms with E-state index in [1.54, 1.807) is 0 Å². The summed E-state index contributed by atoms with van der Waals surface area (Å²) < 4.78 is 40.9. The molecule has 0 saturated carbocycles. The molecule has 0 atom stereocenters. The fourth-order valence-corrected chi connectivity index (χ4v) is 3.52. The highest BCUT2D eigenvalue weighted by Crippen LogP contribution is 2.46. The average Bonchev–Trinajstić information content (AvgIpc) is 2.55. The van der Waals surface area contributed by atoms with Crippen molar-refractivity contribution in [1.29, 1.82) is 0 Å². The number of benzene rings is 2. The van der Waals surface area contributed by atoms with Crippen LogP contribution in [0.5, 0.6) is 0 Å². The van der Waals surface area contributed by atoms with Gasteiger partial charge in [0.25, 0.3) is 11.4 Å². The Morgan fingerprint density at radius 2 is 1.63 bits per heavy atom. The predicted octanol–water partition coefficient (Wildman–Crippen LogP) is 6.75. The van der Waals surface area contributed by atoms with Crippen LogP contribution in [0.4, 0.5) is 35.9 Å². The van der Waals surface area contributed by atoms with Gasteiger partial charge in [-0.15, -0.1) is 0 Å². The van der Waals surface area contributed by atoms with E-state index < -0.39 is 38.6 Å². The van der Waals surface area contributed by atoms with Crippen LogP contribution in [0, 0.1) is 27.2 Å². The van der Waals surface area contributed by atoms with Crippen molar-refractivity contribution in [2.24, 2.45) is 0 Å². The van der Waals surface area contributed by atoms with E-state index in [0.717, 1.165) is 0 Å². The van der Waals surface area contributed by atoms with Crippen molar-refractivity contribution in [2.75, 3.05) is 5.32 Å². The number of nitrogens with one attached hydrogen (secondary N) is 1. The Labute approximate surface area is 171 Å². The molecule has 0 bridgehead atoms. The third kappa shape index (κ3) is 4.33. The van der Waals surface area contributed by atoms with Crippen molar-refractivity contribution in [3.8, 4) is 0 Å². The lowest BCUT2D eigenvalue weighted by atomic mass is 10.1. The largest absolute Gasteiger partial charge is 0.418 e. The number of alkyl halides is 3. The van der Waals surface area contributed by atoms with E-state index in [0.29, 0.717) is 16.1 Å². The number of hydrogen-bond donors (Lipinski definition) is 1. The zero-order valence-electron chi connectivity index (χ0n) is 13.0. The molecule has 2 aromatic carbocycles. The van der Waals surface area contributed by atoms with Crippen LogP contribution in [-0.2, 0) is 6.18 Å². The fourth-order valence-electron chi connectivity index (χ4n) is 2.21. The molecule has 13 heteroatoms. The van der Waals surface area contributed by atoms with E-state index in [4.69, 9.17) is 11.6 Å². The highest BCUT2D eigenvalue weighted by Gasteiger charge is 2.40. The monoisotopic (exact) mass is 531 g/mol. The van der Waals surface area contributed by atoms with Gasteiger partial charge in [-0.2, -0.15) is 13.2 Å². The Bertz CT molecular complexity index is 970. The molecule has 0 spiro atoms. The normalized spacial score (nSPS) is 11.4. The molecule has 2 aromatic rings. The number of nitro groups is 2. The maximum absolute atomic E-state index is 13.5. The minimum absolute atomic E-state index is 0.0775. The van der Waals surface area contributed by atoms with Gasteiger partial charge in [-0.3, -0.25) is 20.2 Å². The van der Waals surface area contributed by atoms with Gasteiger partial charge in [-0.05, 0) is 50.4 Å². The maximum Gasteiger partial charge on any atom is 0.418 e. The number of rotatable bonds is 4. The molecule has 0 aliphatic rings.